The Morgan fingerprint density at radius 3 is 2.46 bits per heavy atom. The summed E-state index contributed by atoms with van der Waals surface area (Å²) < 4.78 is 10.5. The van der Waals surface area contributed by atoms with Crippen molar-refractivity contribution in [2.24, 2.45) is 0 Å². The molecule has 0 bridgehead atoms. The van der Waals surface area contributed by atoms with Crippen LogP contribution in [0.4, 0.5) is 23.0 Å². The van der Waals surface area contributed by atoms with Crippen LogP contribution in [0.3, 0.4) is 0 Å². The number of nitrogens with two attached hydrogens (primary N) is 1. The van der Waals surface area contributed by atoms with Crippen LogP contribution >= 0.6 is 0 Å². The van der Waals surface area contributed by atoms with E-state index >= 15 is 0 Å². The lowest BCUT2D eigenvalue weighted by Crippen LogP contribution is -2.30. The number of aromatic nitrogens is 2. The fourth-order valence-electron chi connectivity index (χ4n) is 2.40. The molecule has 0 fully saturated rings. The van der Waals surface area contributed by atoms with Gasteiger partial charge in [0.25, 0.3) is 5.91 Å². The van der Waals surface area contributed by atoms with Crippen molar-refractivity contribution in [3.63, 3.8) is 0 Å². The molecule has 1 heterocycles. The number of hydrazine groups is 1. The average molecular weight is 380 g/mol. The quantitative estimate of drug-likeness (QED) is 0.461. The fourth-order valence-corrected chi connectivity index (χ4v) is 2.40. The Morgan fingerprint density at radius 1 is 1.00 bits per heavy atom. The van der Waals surface area contributed by atoms with Gasteiger partial charge in [0, 0.05) is 11.6 Å². The molecule has 0 aliphatic carbocycles. The van der Waals surface area contributed by atoms with Gasteiger partial charge in [-0.3, -0.25) is 15.6 Å². The number of amides is 1. The lowest BCUT2D eigenvalue weighted by molar-refractivity contribution is 0.0962. The van der Waals surface area contributed by atoms with Crippen molar-refractivity contribution in [2.75, 3.05) is 30.7 Å². The maximum absolute atomic E-state index is 12.1. The Kier molecular flexibility index (Phi) is 5.75. The summed E-state index contributed by atoms with van der Waals surface area (Å²) in [6.07, 6.45) is 1.33. The van der Waals surface area contributed by atoms with Gasteiger partial charge in [-0.2, -0.15) is 0 Å². The molecule has 5 N–H and O–H groups in total. The van der Waals surface area contributed by atoms with E-state index in [2.05, 4.69) is 26.1 Å². The van der Waals surface area contributed by atoms with Gasteiger partial charge in [-0.25, -0.2) is 9.97 Å². The molecule has 0 aliphatic rings. The van der Waals surface area contributed by atoms with Crippen LogP contribution in [-0.4, -0.2) is 30.1 Å². The van der Waals surface area contributed by atoms with Crippen molar-refractivity contribution in [3.8, 4) is 11.5 Å². The molecule has 3 rings (SSSR count). The first kappa shape index (κ1) is 18.8. The molecule has 0 radical (unpaired) electrons. The van der Waals surface area contributed by atoms with Crippen molar-refractivity contribution >= 4 is 28.9 Å². The Morgan fingerprint density at radius 2 is 1.75 bits per heavy atom. The Balaban J connectivity index is 1.75. The van der Waals surface area contributed by atoms with E-state index in [-0.39, 0.29) is 17.4 Å². The summed E-state index contributed by atoms with van der Waals surface area (Å²) in [6.45, 7) is 0. The van der Waals surface area contributed by atoms with Gasteiger partial charge in [0.1, 0.15) is 23.5 Å². The molecule has 144 valence electrons. The smallest absolute Gasteiger partial charge is 0.269 e. The third-order valence-electron chi connectivity index (χ3n) is 3.88. The van der Waals surface area contributed by atoms with E-state index in [1.54, 1.807) is 56.7 Å². The molecule has 2 aromatic carbocycles. The Bertz CT molecular complexity index is 965. The molecule has 0 saturated carbocycles. The molecule has 0 aliphatic heterocycles. The highest BCUT2D eigenvalue weighted by molar-refractivity contribution is 5.95. The molecule has 0 unspecified atom stereocenters. The molecule has 9 nitrogen and oxygen atoms in total. The van der Waals surface area contributed by atoms with Gasteiger partial charge >= 0.3 is 0 Å². The number of methoxy groups -OCH3 is 2. The number of nitrogen functional groups attached to an aromatic ring is 1. The number of ether oxygens (including phenoxy) is 2. The highest BCUT2D eigenvalue weighted by Gasteiger charge is 2.12. The largest absolute Gasteiger partial charge is 0.497 e. The zero-order chi connectivity index (χ0) is 19.9. The minimum atomic E-state index is -0.315. The zero-order valence-corrected chi connectivity index (χ0v) is 15.4. The molecule has 1 amide bonds. The van der Waals surface area contributed by atoms with Gasteiger partial charge in [-0.05, 0) is 24.3 Å². The second-order valence-electron chi connectivity index (χ2n) is 5.62. The summed E-state index contributed by atoms with van der Waals surface area (Å²) in [5, 5.41) is 3.09. The van der Waals surface area contributed by atoms with Crippen molar-refractivity contribution in [3.05, 3.63) is 60.4 Å². The Labute approximate surface area is 161 Å². The fraction of sp³-hybridized carbons (Fsp3) is 0.105. The minimum absolute atomic E-state index is 0.230. The van der Waals surface area contributed by atoms with Crippen LogP contribution < -0.4 is 31.4 Å². The van der Waals surface area contributed by atoms with Crippen molar-refractivity contribution in [1.29, 1.82) is 0 Å². The summed E-state index contributed by atoms with van der Waals surface area (Å²) in [4.78, 5) is 20.4. The van der Waals surface area contributed by atoms with Gasteiger partial charge in [0.05, 0.1) is 19.9 Å². The molecule has 3 aromatic rings. The topological polar surface area (TPSA) is 123 Å². The van der Waals surface area contributed by atoms with Gasteiger partial charge in [0.2, 0.25) is 0 Å². The van der Waals surface area contributed by atoms with E-state index in [1.165, 1.54) is 6.33 Å². The molecule has 28 heavy (non-hydrogen) atoms. The number of hydrogen-bond donors (Lipinski definition) is 4. The van der Waals surface area contributed by atoms with Crippen LogP contribution in [0.15, 0.2) is 54.9 Å². The van der Waals surface area contributed by atoms with Gasteiger partial charge in [0.15, 0.2) is 11.6 Å². The molecule has 0 spiro atoms. The lowest BCUT2D eigenvalue weighted by Gasteiger charge is -2.15. The van der Waals surface area contributed by atoms with Gasteiger partial charge in [-0.1, -0.05) is 18.2 Å². The van der Waals surface area contributed by atoms with Crippen LogP contribution in [0.2, 0.25) is 0 Å². The Hall–Kier alpha value is -4.01. The standard InChI is InChI=1S/C19H20N6O3/c1-27-13-8-9-14(15(10-13)28-2)23-17-16(20)18(22-11-21-17)24-25-19(26)12-6-4-3-5-7-12/h3-11H,20H2,1-2H3,(H,25,26)(H2,21,22,23,24). The summed E-state index contributed by atoms with van der Waals surface area (Å²) in [5.41, 5.74) is 12.8. The monoisotopic (exact) mass is 380 g/mol. The number of benzene rings is 2. The summed E-state index contributed by atoms with van der Waals surface area (Å²) in [6, 6.07) is 14.1. The summed E-state index contributed by atoms with van der Waals surface area (Å²) >= 11 is 0. The van der Waals surface area contributed by atoms with Gasteiger partial charge < -0.3 is 20.5 Å². The van der Waals surface area contributed by atoms with E-state index in [4.69, 9.17) is 15.2 Å². The van der Waals surface area contributed by atoms with E-state index in [1.807, 2.05) is 6.07 Å². The number of carbonyl (C=O) groups is 1. The van der Waals surface area contributed by atoms with E-state index in [0.717, 1.165) is 0 Å². The SMILES string of the molecule is COc1ccc(Nc2ncnc(NNC(=O)c3ccccc3)c2N)c(OC)c1. The molecule has 9 heteroatoms. The van der Waals surface area contributed by atoms with Crippen LogP contribution in [0, 0.1) is 0 Å². The molecule has 0 atom stereocenters. The zero-order valence-electron chi connectivity index (χ0n) is 15.4. The minimum Gasteiger partial charge on any atom is -0.497 e. The molecule has 1 aromatic heterocycles. The van der Waals surface area contributed by atoms with E-state index in [9.17, 15) is 4.79 Å². The summed E-state index contributed by atoms with van der Waals surface area (Å²) in [7, 11) is 3.13. The lowest BCUT2D eigenvalue weighted by atomic mass is 10.2. The predicted molar refractivity (Wildman–Crippen MR) is 107 cm³/mol. The predicted octanol–water partition coefficient (Wildman–Crippen LogP) is 2.58. The van der Waals surface area contributed by atoms with Crippen LogP contribution in [-0.2, 0) is 0 Å². The third-order valence-corrected chi connectivity index (χ3v) is 3.88. The third kappa shape index (κ3) is 4.21. The number of carbonyl (C=O) groups excluding carboxylic acids is 1. The first-order valence-corrected chi connectivity index (χ1v) is 8.33. The maximum Gasteiger partial charge on any atom is 0.269 e. The van der Waals surface area contributed by atoms with Crippen molar-refractivity contribution in [2.45, 2.75) is 0 Å². The second kappa shape index (κ2) is 8.58. The highest BCUT2D eigenvalue weighted by Crippen LogP contribution is 2.33. The molecular weight excluding hydrogens is 360 g/mol. The first-order chi connectivity index (χ1) is 13.6. The number of nitrogens with one attached hydrogen (secondary N) is 3. The van der Waals surface area contributed by atoms with E-state index in [0.29, 0.717) is 28.6 Å². The number of anilines is 4. The van der Waals surface area contributed by atoms with Crippen LogP contribution in [0.25, 0.3) is 0 Å². The summed E-state index contributed by atoms with van der Waals surface area (Å²) in [5.74, 6) is 1.52. The van der Waals surface area contributed by atoms with Crippen molar-refractivity contribution in [1.82, 2.24) is 15.4 Å². The number of rotatable bonds is 7. The molecule has 0 saturated heterocycles. The second-order valence-corrected chi connectivity index (χ2v) is 5.62. The highest BCUT2D eigenvalue weighted by atomic mass is 16.5. The first-order valence-electron chi connectivity index (χ1n) is 8.33. The van der Waals surface area contributed by atoms with Crippen molar-refractivity contribution < 1.29 is 14.3 Å². The van der Waals surface area contributed by atoms with Crippen LogP contribution in [0.5, 0.6) is 11.5 Å². The van der Waals surface area contributed by atoms with Crippen LogP contribution in [0.1, 0.15) is 10.4 Å². The average Bonchev–Trinajstić information content (AvgIpc) is 2.75. The van der Waals surface area contributed by atoms with Gasteiger partial charge in [-0.15, -0.1) is 0 Å². The number of nitrogens with zero attached hydrogens (tertiary/aromatic N) is 2. The maximum atomic E-state index is 12.1. The number of hydrogen-bond acceptors (Lipinski definition) is 8. The molecular formula is C19H20N6O3. The normalized spacial score (nSPS) is 10.1. The van der Waals surface area contributed by atoms with E-state index < -0.39 is 0 Å².